The van der Waals surface area contributed by atoms with E-state index in [9.17, 15) is 13.2 Å². The average Bonchev–Trinajstić information content (AvgIpc) is 2.68. The van der Waals surface area contributed by atoms with Crippen molar-refractivity contribution in [3.8, 4) is 0 Å². The standard InChI is InChI=1S/C20H25N3O3S.ClH/c1-15-14-17(12-13-21-15)22-20(24)16-8-10-19(11-9-16)27(25,26)23(2)18-6-4-3-5-7-18;/h3-11,15,17,21H,12-14H2,1-2H3,(H,22,24);1H. The third-order valence-corrected chi connectivity index (χ3v) is 6.65. The summed E-state index contributed by atoms with van der Waals surface area (Å²) in [5.74, 6) is -0.172. The van der Waals surface area contributed by atoms with Crippen molar-refractivity contribution < 1.29 is 13.2 Å². The Bertz CT molecular complexity index is 889. The summed E-state index contributed by atoms with van der Waals surface area (Å²) in [6.45, 7) is 2.98. The fourth-order valence-electron chi connectivity index (χ4n) is 3.24. The number of para-hydroxylation sites is 1. The molecule has 1 amide bonds. The third-order valence-electron chi connectivity index (χ3n) is 4.85. The first-order valence-electron chi connectivity index (χ1n) is 9.06. The van der Waals surface area contributed by atoms with Gasteiger partial charge in [-0.1, -0.05) is 18.2 Å². The number of carbonyl (C=O) groups is 1. The maximum absolute atomic E-state index is 12.8. The topological polar surface area (TPSA) is 78.5 Å². The van der Waals surface area contributed by atoms with Gasteiger partial charge in [-0.25, -0.2) is 8.42 Å². The van der Waals surface area contributed by atoms with E-state index in [2.05, 4.69) is 17.6 Å². The Morgan fingerprint density at radius 1 is 1.11 bits per heavy atom. The minimum Gasteiger partial charge on any atom is -0.349 e. The monoisotopic (exact) mass is 423 g/mol. The van der Waals surface area contributed by atoms with Crippen LogP contribution in [0.5, 0.6) is 0 Å². The van der Waals surface area contributed by atoms with E-state index < -0.39 is 10.0 Å². The molecule has 1 aliphatic rings. The second-order valence-electron chi connectivity index (χ2n) is 6.88. The van der Waals surface area contributed by atoms with Crippen LogP contribution in [-0.4, -0.2) is 40.0 Å². The smallest absolute Gasteiger partial charge is 0.264 e. The van der Waals surface area contributed by atoms with E-state index in [4.69, 9.17) is 0 Å². The number of halogens is 1. The van der Waals surface area contributed by atoms with E-state index in [-0.39, 0.29) is 29.3 Å². The molecule has 2 unspecified atom stereocenters. The molecule has 2 aromatic carbocycles. The first-order valence-corrected chi connectivity index (χ1v) is 10.5. The highest BCUT2D eigenvalue weighted by Crippen LogP contribution is 2.22. The molecule has 0 aromatic heterocycles. The number of nitrogens with zero attached hydrogens (tertiary/aromatic N) is 1. The second-order valence-corrected chi connectivity index (χ2v) is 8.85. The number of nitrogens with one attached hydrogen (secondary N) is 2. The zero-order chi connectivity index (χ0) is 19.4. The summed E-state index contributed by atoms with van der Waals surface area (Å²) >= 11 is 0. The van der Waals surface area contributed by atoms with Crippen LogP contribution in [0.3, 0.4) is 0 Å². The van der Waals surface area contributed by atoms with E-state index in [1.807, 2.05) is 6.07 Å². The molecular weight excluding hydrogens is 398 g/mol. The van der Waals surface area contributed by atoms with Gasteiger partial charge < -0.3 is 10.6 Å². The molecule has 2 atom stereocenters. The highest BCUT2D eigenvalue weighted by atomic mass is 35.5. The summed E-state index contributed by atoms with van der Waals surface area (Å²) in [5, 5.41) is 6.38. The number of sulfonamides is 1. The maximum atomic E-state index is 12.8. The Hall–Kier alpha value is -2.09. The van der Waals surface area contributed by atoms with Crippen LogP contribution in [0, 0.1) is 0 Å². The predicted molar refractivity (Wildman–Crippen MR) is 114 cm³/mol. The van der Waals surface area contributed by atoms with Gasteiger partial charge in [0.1, 0.15) is 0 Å². The van der Waals surface area contributed by atoms with Crippen molar-refractivity contribution in [2.24, 2.45) is 0 Å². The lowest BCUT2D eigenvalue weighted by Gasteiger charge is -2.28. The van der Waals surface area contributed by atoms with Crippen LogP contribution in [-0.2, 0) is 10.0 Å². The van der Waals surface area contributed by atoms with E-state index in [0.717, 1.165) is 19.4 Å². The first kappa shape index (κ1) is 22.2. The molecule has 0 radical (unpaired) electrons. The summed E-state index contributed by atoms with van der Waals surface area (Å²) in [5.41, 5.74) is 1.04. The van der Waals surface area contributed by atoms with Crippen molar-refractivity contribution in [1.29, 1.82) is 0 Å². The zero-order valence-electron chi connectivity index (χ0n) is 16.0. The number of piperidine rings is 1. The molecule has 2 aromatic rings. The molecule has 152 valence electrons. The van der Waals surface area contributed by atoms with Crippen molar-refractivity contribution in [2.75, 3.05) is 17.9 Å². The van der Waals surface area contributed by atoms with Crippen molar-refractivity contribution in [2.45, 2.75) is 36.7 Å². The Kier molecular flexibility index (Phi) is 7.46. The first-order chi connectivity index (χ1) is 12.9. The Labute approximate surface area is 172 Å². The fraction of sp³-hybridized carbons (Fsp3) is 0.350. The highest BCUT2D eigenvalue weighted by Gasteiger charge is 2.23. The summed E-state index contributed by atoms with van der Waals surface area (Å²) in [7, 11) is -2.16. The van der Waals surface area contributed by atoms with E-state index in [1.54, 1.807) is 36.4 Å². The Balaban J connectivity index is 0.00000280. The number of rotatable bonds is 5. The van der Waals surface area contributed by atoms with Crippen molar-refractivity contribution in [3.05, 3.63) is 60.2 Å². The lowest BCUT2D eigenvalue weighted by Crippen LogP contribution is -2.46. The quantitative estimate of drug-likeness (QED) is 0.775. The summed E-state index contributed by atoms with van der Waals surface area (Å²) in [6.07, 6.45) is 1.78. The number of hydrogen-bond donors (Lipinski definition) is 2. The van der Waals surface area contributed by atoms with Gasteiger partial charge in [0.05, 0.1) is 10.6 Å². The predicted octanol–water partition coefficient (Wildman–Crippen LogP) is 2.80. The Morgan fingerprint density at radius 2 is 1.75 bits per heavy atom. The maximum Gasteiger partial charge on any atom is 0.264 e. The van der Waals surface area contributed by atoms with Gasteiger partial charge in [0.15, 0.2) is 0 Å². The summed E-state index contributed by atoms with van der Waals surface area (Å²) in [4.78, 5) is 12.6. The second kappa shape index (κ2) is 9.41. The molecule has 6 nitrogen and oxygen atoms in total. The van der Waals surface area contributed by atoms with Crippen LogP contribution in [0.25, 0.3) is 0 Å². The number of carbonyl (C=O) groups excluding carboxylic acids is 1. The summed E-state index contributed by atoms with van der Waals surface area (Å²) < 4.78 is 26.8. The average molecular weight is 424 g/mol. The van der Waals surface area contributed by atoms with E-state index in [0.29, 0.717) is 17.3 Å². The molecule has 8 heteroatoms. The lowest BCUT2D eigenvalue weighted by molar-refractivity contribution is 0.0925. The van der Waals surface area contributed by atoms with Gasteiger partial charge in [-0.2, -0.15) is 0 Å². The molecule has 1 heterocycles. The van der Waals surface area contributed by atoms with E-state index in [1.165, 1.54) is 23.5 Å². The fourth-order valence-corrected chi connectivity index (χ4v) is 4.44. The van der Waals surface area contributed by atoms with Gasteiger partial charge in [-0.3, -0.25) is 9.10 Å². The van der Waals surface area contributed by atoms with Gasteiger partial charge in [-0.15, -0.1) is 12.4 Å². The van der Waals surface area contributed by atoms with Crippen LogP contribution < -0.4 is 14.9 Å². The molecule has 0 aliphatic carbocycles. The van der Waals surface area contributed by atoms with Crippen LogP contribution in [0.4, 0.5) is 5.69 Å². The minimum atomic E-state index is -3.68. The van der Waals surface area contributed by atoms with Gasteiger partial charge in [-0.05, 0) is 62.7 Å². The van der Waals surface area contributed by atoms with Crippen molar-refractivity contribution in [3.63, 3.8) is 0 Å². The minimum absolute atomic E-state index is 0. The third kappa shape index (κ3) is 5.04. The molecular formula is C20H26ClN3O3S. The normalized spacial score (nSPS) is 19.4. The largest absolute Gasteiger partial charge is 0.349 e. The molecule has 0 spiro atoms. The Morgan fingerprint density at radius 3 is 2.36 bits per heavy atom. The molecule has 28 heavy (non-hydrogen) atoms. The van der Waals surface area contributed by atoms with Crippen LogP contribution in [0.15, 0.2) is 59.5 Å². The molecule has 1 saturated heterocycles. The molecule has 0 bridgehead atoms. The molecule has 0 saturated carbocycles. The number of amides is 1. The van der Waals surface area contributed by atoms with Crippen LogP contribution >= 0.6 is 12.4 Å². The number of benzene rings is 2. The summed E-state index contributed by atoms with van der Waals surface area (Å²) in [6, 6.07) is 15.5. The van der Waals surface area contributed by atoms with E-state index >= 15 is 0 Å². The van der Waals surface area contributed by atoms with Gasteiger partial charge >= 0.3 is 0 Å². The van der Waals surface area contributed by atoms with Crippen LogP contribution in [0.2, 0.25) is 0 Å². The molecule has 3 rings (SSSR count). The number of hydrogen-bond acceptors (Lipinski definition) is 4. The highest BCUT2D eigenvalue weighted by molar-refractivity contribution is 7.92. The van der Waals surface area contributed by atoms with Crippen molar-refractivity contribution in [1.82, 2.24) is 10.6 Å². The SMILES string of the molecule is CC1CC(NC(=O)c2ccc(S(=O)(=O)N(C)c3ccccc3)cc2)CCN1.Cl. The number of anilines is 1. The molecule has 2 N–H and O–H groups in total. The van der Waals surface area contributed by atoms with Crippen LogP contribution in [0.1, 0.15) is 30.1 Å². The van der Waals surface area contributed by atoms with Crippen molar-refractivity contribution >= 4 is 34.0 Å². The molecule has 1 aliphatic heterocycles. The zero-order valence-corrected chi connectivity index (χ0v) is 17.6. The van der Waals surface area contributed by atoms with Gasteiger partial charge in [0.2, 0.25) is 0 Å². The van der Waals surface area contributed by atoms with Gasteiger partial charge in [0, 0.05) is 24.7 Å². The van der Waals surface area contributed by atoms with Gasteiger partial charge in [0.25, 0.3) is 15.9 Å². The lowest BCUT2D eigenvalue weighted by atomic mass is 10.0. The molecule has 1 fully saturated rings.